The number of rotatable bonds is 10. The third-order valence-electron chi connectivity index (χ3n) is 4.25. The molecule has 1 unspecified atom stereocenters. The Balaban J connectivity index is 1.83. The summed E-state index contributed by atoms with van der Waals surface area (Å²) in [5.74, 6) is 0.954. The lowest BCUT2D eigenvalue weighted by Gasteiger charge is -2.23. The van der Waals surface area contributed by atoms with E-state index in [0.29, 0.717) is 24.3 Å². The van der Waals surface area contributed by atoms with Crippen molar-refractivity contribution in [1.29, 1.82) is 0 Å². The van der Waals surface area contributed by atoms with E-state index in [1.165, 1.54) is 30.6 Å². The maximum atomic E-state index is 12.6. The van der Waals surface area contributed by atoms with Gasteiger partial charge in [0.1, 0.15) is 0 Å². The lowest BCUT2D eigenvalue weighted by Crippen LogP contribution is -2.32. The molecule has 3 nitrogen and oxygen atoms in total. The number of hydrogen-bond donors (Lipinski definition) is 1. The minimum atomic E-state index is 0.337. The average molecular weight is 308 g/mol. The molecule has 0 saturated heterocycles. The second-order valence-corrected chi connectivity index (χ2v) is 7.14. The molecular formula is C17H28N2OS. The summed E-state index contributed by atoms with van der Waals surface area (Å²) in [6.07, 6.45) is 7.47. The summed E-state index contributed by atoms with van der Waals surface area (Å²) in [4.78, 5) is 16.0. The van der Waals surface area contributed by atoms with Gasteiger partial charge in [-0.15, -0.1) is 11.3 Å². The Morgan fingerprint density at radius 3 is 2.81 bits per heavy atom. The Labute approximate surface area is 132 Å². The minimum Gasteiger partial charge on any atom is -0.335 e. The molecule has 1 aromatic rings. The highest BCUT2D eigenvalue weighted by Gasteiger charge is 2.32. The van der Waals surface area contributed by atoms with Crippen molar-refractivity contribution in [3.05, 3.63) is 22.4 Å². The molecule has 1 heterocycles. The standard InChI is InChI=1S/C17H28N2OS/c1-2-4-14(10-11-18)6-9-17(20)19(15-7-8-15)13-16-5-3-12-21-16/h3,5,12,14-15H,2,4,6-11,13,18H2,1H3. The van der Waals surface area contributed by atoms with E-state index in [0.717, 1.165) is 25.9 Å². The normalized spacial score (nSPS) is 15.9. The molecule has 1 atom stereocenters. The van der Waals surface area contributed by atoms with Crippen LogP contribution in [0.15, 0.2) is 17.5 Å². The molecule has 0 aromatic carbocycles. The van der Waals surface area contributed by atoms with Crippen LogP contribution in [0.5, 0.6) is 0 Å². The molecule has 1 saturated carbocycles. The quantitative estimate of drug-likeness (QED) is 0.715. The largest absolute Gasteiger partial charge is 0.335 e. The van der Waals surface area contributed by atoms with E-state index in [-0.39, 0.29) is 0 Å². The Bertz CT molecular complexity index is 408. The molecule has 4 heteroatoms. The van der Waals surface area contributed by atoms with Crippen molar-refractivity contribution in [2.45, 2.75) is 64.5 Å². The van der Waals surface area contributed by atoms with Crippen molar-refractivity contribution >= 4 is 17.2 Å². The third kappa shape index (κ3) is 5.44. The molecule has 0 spiro atoms. The van der Waals surface area contributed by atoms with E-state index < -0.39 is 0 Å². The number of nitrogens with two attached hydrogens (primary N) is 1. The smallest absolute Gasteiger partial charge is 0.223 e. The number of hydrogen-bond acceptors (Lipinski definition) is 3. The average Bonchev–Trinajstić information content (AvgIpc) is 3.19. The predicted molar refractivity (Wildman–Crippen MR) is 89.2 cm³/mol. The van der Waals surface area contributed by atoms with Crippen LogP contribution in [0.25, 0.3) is 0 Å². The summed E-state index contributed by atoms with van der Waals surface area (Å²) >= 11 is 1.74. The van der Waals surface area contributed by atoms with Gasteiger partial charge in [0, 0.05) is 17.3 Å². The predicted octanol–water partition coefficient (Wildman–Crippen LogP) is 3.78. The SMILES string of the molecule is CCCC(CCN)CCC(=O)N(Cc1cccs1)C1CC1. The zero-order valence-electron chi connectivity index (χ0n) is 13.1. The number of amides is 1. The highest BCUT2D eigenvalue weighted by atomic mass is 32.1. The first-order valence-electron chi connectivity index (χ1n) is 8.26. The van der Waals surface area contributed by atoms with E-state index in [1.54, 1.807) is 11.3 Å². The molecule has 21 heavy (non-hydrogen) atoms. The van der Waals surface area contributed by atoms with Crippen LogP contribution in [-0.4, -0.2) is 23.4 Å². The summed E-state index contributed by atoms with van der Waals surface area (Å²) in [5.41, 5.74) is 5.68. The molecule has 0 bridgehead atoms. The van der Waals surface area contributed by atoms with E-state index in [4.69, 9.17) is 5.73 Å². The van der Waals surface area contributed by atoms with E-state index >= 15 is 0 Å². The highest BCUT2D eigenvalue weighted by Crippen LogP contribution is 2.30. The zero-order chi connectivity index (χ0) is 15.1. The molecule has 2 N–H and O–H groups in total. The monoisotopic (exact) mass is 308 g/mol. The second-order valence-electron chi connectivity index (χ2n) is 6.10. The Hall–Kier alpha value is -0.870. The van der Waals surface area contributed by atoms with Crippen molar-refractivity contribution < 1.29 is 4.79 Å². The maximum Gasteiger partial charge on any atom is 0.223 e. The van der Waals surface area contributed by atoms with Gasteiger partial charge in [0.05, 0.1) is 6.54 Å². The van der Waals surface area contributed by atoms with Gasteiger partial charge in [0.2, 0.25) is 5.91 Å². The van der Waals surface area contributed by atoms with Crippen LogP contribution in [0, 0.1) is 5.92 Å². The van der Waals surface area contributed by atoms with Gasteiger partial charge in [-0.1, -0.05) is 25.8 Å². The fourth-order valence-electron chi connectivity index (χ4n) is 2.93. The van der Waals surface area contributed by atoms with E-state index in [2.05, 4.69) is 29.3 Å². The van der Waals surface area contributed by atoms with Crippen LogP contribution in [0.2, 0.25) is 0 Å². The molecule has 0 aliphatic heterocycles. The highest BCUT2D eigenvalue weighted by molar-refractivity contribution is 7.09. The van der Waals surface area contributed by atoms with Crippen LogP contribution < -0.4 is 5.73 Å². The van der Waals surface area contributed by atoms with E-state index in [1.807, 2.05) is 0 Å². The molecule has 1 fully saturated rings. The Kier molecular flexibility index (Phi) is 6.71. The fourth-order valence-corrected chi connectivity index (χ4v) is 3.63. The molecule has 2 rings (SSSR count). The fraction of sp³-hybridized carbons (Fsp3) is 0.706. The van der Waals surface area contributed by atoms with Crippen molar-refractivity contribution in [1.82, 2.24) is 4.90 Å². The molecule has 1 aromatic heterocycles. The number of carbonyl (C=O) groups excluding carboxylic acids is 1. The van der Waals surface area contributed by atoms with Crippen molar-refractivity contribution in [2.24, 2.45) is 11.7 Å². The maximum absolute atomic E-state index is 12.6. The van der Waals surface area contributed by atoms with Crippen molar-refractivity contribution in [3.63, 3.8) is 0 Å². The van der Waals surface area contributed by atoms with Gasteiger partial charge in [0.25, 0.3) is 0 Å². The lowest BCUT2D eigenvalue weighted by atomic mass is 9.94. The van der Waals surface area contributed by atoms with Gasteiger partial charge in [0.15, 0.2) is 0 Å². The van der Waals surface area contributed by atoms with Crippen molar-refractivity contribution in [2.75, 3.05) is 6.54 Å². The summed E-state index contributed by atoms with van der Waals surface area (Å²) in [6.45, 7) is 3.75. The lowest BCUT2D eigenvalue weighted by molar-refractivity contribution is -0.132. The third-order valence-corrected chi connectivity index (χ3v) is 5.11. The summed E-state index contributed by atoms with van der Waals surface area (Å²) in [7, 11) is 0. The molecule has 1 aliphatic rings. The van der Waals surface area contributed by atoms with Crippen LogP contribution in [-0.2, 0) is 11.3 Å². The topological polar surface area (TPSA) is 46.3 Å². The first kappa shape index (κ1) is 16.5. The number of thiophene rings is 1. The zero-order valence-corrected chi connectivity index (χ0v) is 13.9. The molecule has 118 valence electrons. The van der Waals surface area contributed by atoms with Crippen LogP contribution in [0.1, 0.15) is 56.7 Å². The van der Waals surface area contributed by atoms with E-state index in [9.17, 15) is 4.79 Å². The Morgan fingerprint density at radius 2 is 2.24 bits per heavy atom. The molecule has 1 amide bonds. The van der Waals surface area contributed by atoms with Crippen molar-refractivity contribution in [3.8, 4) is 0 Å². The van der Waals surface area contributed by atoms with Crippen LogP contribution in [0.3, 0.4) is 0 Å². The van der Waals surface area contributed by atoms with Gasteiger partial charge in [-0.25, -0.2) is 0 Å². The second kappa shape index (κ2) is 8.54. The first-order valence-corrected chi connectivity index (χ1v) is 9.14. The first-order chi connectivity index (χ1) is 10.2. The summed E-state index contributed by atoms with van der Waals surface area (Å²) < 4.78 is 0. The van der Waals surface area contributed by atoms with Gasteiger partial charge >= 0.3 is 0 Å². The van der Waals surface area contributed by atoms with Crippen LogP contribution in [0.4, 0.5) is 0 Å². The van der Waals surface area contributed by atoms with Gasteiger partial charge in [-0.2, -0.15) is 0 Å². The molecule has 1 aliphatic carbocycles. The van der Waals surface area contributed by atoms with Gasteiger partial charge in [-0.05, 0) is 49.6 Å². The van der Waals surface area contributed by atoms with Gasteiger partial charge < -0.3 is 10.6 Å². The number of nitrogens with zero attached hydrogens (tertiary/aromatic N) is 1. The van der Waals surface area contributed by atoms with Crippen LogP contribution >= 0.6 is 11.3 Å². The number of carbonyl (C=O) groups is 1. The Morgan fingerprint density at radius 1 is 1.43 bits per heavy atom. The van der Waals surface area contributed by atoms with Gasteiger partial charge in [-0.3, -0.25) is 4.79 Å². The minimum absolute atomic E-state index is 0.337. The summed E-state index contributed by atoms with van der Waals surface area (Å²) in [5, 5.41) is 2.09. The summed E-state index contributed by atoms with van der Waals surface area (Å²) in [6, 6.07) is 4.69. The molecule has 0 radical (unpaired) electrons. The molecular weight excluding hydrogens is 280 g/mol.